The van der Waals surface area contributed by atoms with Crippen molar-refractivity contribution in [2.24, 2.45) is 0 Å². The van der Waals surface area contributed by atoms with Gasteiger partial charge >= 0.3 is 5.92 Å². The van der Waals surface area contributed by atoms with Gasteiger partial charge in [-0.25, -0.2) is 0 Å². The second-order valence-corrected chi connectivity index (χ2v) is 13.0. The molecule has 0 unspecified atom stereocenters. The van der Waals surface area contributed by atoms with Gasteiger partial charge in [0, 0.05) is 0 Å². The Bertz CT molecular complexity index is 526. The highest BCUT2D eigenvalue weighted by Crippen LogP contribution is 2.41. The number of hydrogen-bond acceptors (Lipinski definition) is 0. The van der Waals surface area contributed by atoms with E-state index in [9.17, 15) is 8.78 Å². The minimum absolute atomic E-state index is 0.347. The topological polar surface area (TPSA) is 0 Å². The molecule has 0 aliphatic heterocycles. The summed E-state index contributed by atoms with van der Waals surface area (Å²) in [5.74, 6) is 3.82. The van der Waals surface area contributed by atoms with E-state index in [2.05, 4.69) is 64.8 Å². The fourth-order valence-electron chi connectivity index (χ4n) is 3.76. The molecule has 3 heteroatoms. The lowest BCUT2D eigenvalue weighted by molar-refractivity contribution is 0.134. The van der Waals surface area contributed by atoms with E-state index in [1.165, 1.54) is 0 Å². The van der Waals surface area contributed by atoms with E-state index in [-0.39, 0.29) is 0 Å². The highest BCUT2D eigenvalue weighted by Gasteiger charge is 2.42. The molecule has 0 saturated heterocycles. The van der Waals surface area contributed by atoms with Crippen molar-refractivity contribution in [1.29, 1.82) is 0 Å². The summed E-state index contributed by atoms with van der Waals surface area (Å²) >= 11 is 0. The Balaban J connectivity index is 3.09. The van der Waals surface area contributed by atoms with Crippen molar-refractivity contribution in [3.05, 3.63) is 11.6 Å². The van der Waals surface area contributed by atoms with Gasteiger partial charge in [0.1, 0.15) is 8.07 Å². The Morgan fingerprint density at radius 3 is 1.96 bits per heavy atom. The van der Waals surface area contributed by atoms with Crippen LogP contribution in [0, 0.1) is 23.3 Å². The predicted molar refractivity (Wildman–Crippen MR) is 98.1 cm³/mol. The van der Waals surface area contributed by atoms with Crippen LogP contribution in [0.2, 0.25) is 16.6 Å². The van der Waals surface area contributed by atoms with Gasteiger partial charge in [-0.2, -0.15) is 8.78 Å². The lowest BCUT2D eigenvalue weighted by Crippen LogP contribution is -2.43. The summed E-state index contributed by atoms with van der Waals surface area (Å²) in [5.41, 5.74) is 4.96. The van der Waals surface area contributed by atoms with Crippen LogP contribution in [-0.4, -0.2) is 14.0 Å². The molecule has 1 aliphatic rings. The van der Waals surface area contributed by atoms with E-state index in [0.717, 1.165) is 31.3 Å². The predicted octanol–water partition coefficient (Wildman–Crippen LogP) is 6.35. The molecule has 0 spiro atoms. The Kier molecular flexibility index (Phi) is 7.09. The Labute approximate surface area is 142 Å². The van der Waals surface area contributed by atoms with Gasteiger partial charge in [0.2, 0.25) is 0 Å². The molecule has 0 nitrogen and oxygen atoms in total. The molecule has 1 aliphatic carbocycles. The van der Waals surface area contributed by atoms with E-state index < -0.39 is 14.0 Å². The normalized spacial score (nSPS) is 15.9. The summed E-state index contributed by atoms with van der Waals surface area (Å²) in [5, 5.41) is 0. The fraction of sp³-hybridized carbons (Fsp3) is 0.700. The van der Waals surface area contributed by atoms with E-state index in [1.807, 2.05) is 6.08 Å². The first-order valence-corrected chi connectivity index (χ1v) is 11.0. The molecule has 0 atom stereocenters. The van der Waals surface area contributed by atoms with Gasteiger partial charge in [-0.1, -0.05) is 53.5 Å². The van der Waals surface area contributed by atoms with Gasteiger partial charge in [-0.15, -0.1) is 5.54 Å². The molecule has 0 N–H and O–H groups in total. The van der Waals surface area contributed by atoms with Crippen LogP contribution in [0.1, 0.15) is 67.2 Å². The molecule has 0 fully saturated rings. The molecule has 1 rings (SSSR count). The van der Waals surface area contributed by atoms with Crippen LogP contribution in [0.3, 0.4) is 0 Å². The van der Waals surface area contributed by atoms with Crippen LogP contribution in [0.15, 0.2) is 11.6 Å². The third-order valence-corrected chi connectivity index (χ3v) is 11.3. The summed E-state index contributed by atoms with van der Waals surface area (Å²) in [4.78, 5) is 0. The smallest absolute Gasteiger partial charge is 0.178 e. The highest BCUT2D eigenvalue weighted by atomic mass is 28.3. The summed E-state index contributed by atoms with van der Waals surface area (Å²) in [6.45, 7) is 12.7. The molecule has 0 radical (unpaired) electrons. The molecule has 0 amide bonds. The van der Waals surface area contributed by atoms with Gasteiger partial charge in [-0.05, 0) is 59.7 Å². The summed E-state index contributed by atoms with van der Waals surface area (Å²) in [6.07, 6.45) is 5.93. The fourth-order valence-corrected chi connectivity index (χ4v) is 9.00. The summed E-state index contributed by atoms with van der Waals surface area (Å²) in [6, 6.07) is 0. The average molecular weight is 337 g/mol. The molecule has 0 bridgehead atoms. The van der Waals surface area contributed by atoms with E-state index in [4.69, 9.17) is 0 Å². The highest BCUT2D eigenvalue weighted by molar-refractivity contribution is 6.90. The minimum atomic E-state index is -3.21. The van der Waals surface area contributed by atoms with Gasteiger partial charge in [-0.3, -0.25) is 0 Å². The number of rotatable bonds is 3. The van der Waals surface area contributed by atoms with Gasteiger partial charge in [0.15, 0.2) is 0 Å². The maximum absolute atomic E-state index is 14.1. The lowest BCUT2D eigenvalue weighted by Gasteiger charge is -2.38. The molecular weight excluding hydrogens is 306 g/mol. The molecule has 23 heavy (non-hydrogen) atoms. The van der Waals surface area contributed by atoms with Crippen molar-refractivity contribution < 1.29 is 8.78 Å². The summed E-state index contributed by atoms with van der Waals surface area (Å²) in [7, 11) is -2.13. The molecule has 0 heterocycles. The van der Waals surface area contributed by atoms with E-state index in [1.54, 1.807) is 0 Å². The zero-order valence-corrected chi connectivity index (χ0v) is 16.4. The maximum Gasteiger partial charge on any atom is 0.370 e. The first kappa shape index (κ1) is 20.0. The third kappa shape index (κ3) is 5.22. The van der Waals surface area contributed by atoms with Crippen LogP contribution < -0.4 is 0 Å². The van der Waals surface area contributed by atoms with Crippen LogP contribution in [0.25, 0.3) is 0 Å². The van der Waals surface area contributed by atoms with Crippen molar-refractivity contribution in [3.63, 3.8) is 0 Å². The van der Waals surface area contributed by atoms with Crippen LogP contribution in [0.5, 0.6) is 0 Å². The molecule has 0 aromatic rings. The Morgan fingerprint density at radius 1 is 0.957 bits per heavy atom. The molecule has 128 valence electrons. The van der Waals surface area contributed by atoms with Gasteiger partial charge in [0.25, 0.3) is 0 Å². The monoisotopic (exact) mass is 336 g/mol. The standard InChI is InChI=1S/C20H30F2Si/c1-16(2)23(17(3)4,18(5)6)15-14-20(21,22)13-12-19-10-8-7-9-11-19/h10,16-18H,7-9,11H2,1-6H3. The number of halogens is 2. The Hall–Kier alpha value is -1.06. The van der Waals surface area contributed by atoms with Crippen molar-refractivity contribution in [1.82, 2.24) is 0 Å². The van der Waals surface area contributed by atoms with Crippen LogP contribution in [-0.2, 0) is 0 Å². The maximum atomic E-state index is 14.1. The van der Waals surface area contributed by atoms with Gasteiger partial charge in [0.05, 0.1) is 0 Å². The zero-order chi connectivity index (χ0) is 17.7. The van der Waals surface area contributed by atoms with Crippen molar-refractivity contribution >= 4 is 8.07 Å². The quantitative estimate of drug-likeness (QED) is 0.416. The van der Waals surface area contributed by atoms with Gasteiger partial charge < -0.3 is 0 Å². The zero-order valence-electron chi connectivity index (χ0n) is 15.4. The van der Waals surface area contributed by atoms with E-state index >= 15 is 0 Å². The third-order valence-electron chi connectivity index (χ3n) is 4.97. The van der Waals surface area contributed by atoms with Crippen LogP contribution >= 0.6 is 0 Å². The van der Waals surface area contributed by atoms with Crippen LogP contribution in [0.4, 0.5) is 8.78 Å². The molecule has 0 aromatic carbocycles. The second kappa shape index (κ2) is 8.16. The van der Waals surface area contributed by atoms with Crippen molar-refractivity contribution in [3.8, 4) is 23.3 Å². The molecular formula is C20H30F2Si. The largest absolute Gasteiger partial charge is 0.370 e. The first-order chi connectivity index (χ1) is 10.6. The lowest BCUT2D eigenvalue weighted by atomic mass is 10.00. The number of hydrogen-bond donors (Lipinski definition) is 0. The summed E-state index contributed by atoms with van der Waals surface area (Å²) < 4.78 is 28.3. The number of allylic oxidation sites excluding steroid dienone is 2. The number of alkyl halides is 2. The molecule has 0 aromatic heterocycles. The van der Waals surface area contributed by atoms with E-state index in [0.29, 0.717) is 16.6 Å². The second-order valence-electron chi connectivity index (χ2n) is 7.45. The SMILES string of the molecule is CC(C)[Si](C#CC(F)(F)C#CC1=CCCCC1)(C(C)C)C(C)C. The first-order valence-electron chi connectivity index (χ1n) is 8.76. The molecule has 0 saturated carbocycles. The average Bonchev–Trinajstić information content (AvgIpc) is 2.46. The van der Waals surface area contributed by atoms with Crippen molar-refractivity contribution in [2.75, 3.05) is 0 Å². The van der Waals surface area contributed by atoms with Crippen molar-refractivity contribution in [2.45, 2.75) is 89.8 Å². The minimum Gasteiger partial charge on any atom is -0.178 e. The Morgan fingerprint density at radius 2 is 1.52 bits per heavy atom.